The number of aromatic nitrogens is 2. The van der Waals surface area contributed by atoms with Gasteiger partial charge in [0.2, 0.25) is 0 Å². The van der Waals surface area contributed by atoms with Gasteiger partial charge in [0.25, 0.3) is 5.56 Å². The quantitative estimate of drug-likeness (QED) is 0.717. The van der Waals surface area contributed by atoms with Gasteiger partial charge in [-0.15, -0.1) is 0 Å². The van der Waals surface area contributed by atoms with Crippen LogP contribution in [0.3, 0.4) is 0 Å². The minimum Gasteiger partial charge on any atom is -0.322 e. The van der Waals surface area contributed by atoms with Crippen LogP contribution >= 0.6 is 0 Å². The second kappa shape index (κ2) is 5.13. The molecule has 2 aromatic carbocycles. The summed E-state index contributed by atoms with van der Waals surface area (Å²) >= 11 is 0. The predicted octanol–water partition coefficient (Wildman–Crippen LogP) is 3.78. The topological polar surface area (TPSA) is 34.9 Å². The van der Waals surface area contributed by atoms with Crippen molar-refractivity contribution in [2.75, 3.05) is 0 Å². The van der Waals surface area contributed by atoms with Crippen molar-refractivity contribution in [2.45, 2.75) is 19.9 Å². The van der Waals surface area contributed by atoms with E-state index in [0.29, 0.717) is 16.7 Å². The Kier molecular flexibility index (Phi) is 3.29. The highest BCUT2D eigenvalue weighted by Gasteiger charge is 2.14. The van der Waals surface area contributed by atoms with Gasteiger partial charge in [0.15, 0.2) is 0 Å². The molecule has 3 aromatic rings. The molecule has 0 bridgehead atoms. The average molecular weight is 282 g/mol. The van der Waals surface area contributed by atoms with Gasteiger partial charge in [-0.1, -0.05) is 30.3 Å². The Morgan fingerprint density at radius 2 is 1.81 bits per heavy atom. The summed E-state index contributed by atoms with van der Waals surface area (Å²) in [7, 11) is 0. The van der Waals surface area contributed by atoms with Crippen molar-refractivity contribution in [1.29, 1.82) is 0 Å². The summed E-state index contributed by atoms with van der Waals surface area (Å²) in [5.74, 6) is 0.180. The largest absolute Gasteiger partial charge is 0.322 e. The molecule has 3 nitrogen and oxygen atoms in total. The van der Waals surface area contributed by atoms with E-state index in [2.05, 4.69) is 4.98 Å². The zero-order chi connectivity index (χ0) is 15.0. The van der Waals surface area contributed by atoms with Crippen molar-refractivity contribution in [3.8, 4) is 11.4 Å². The van der Waals surface area contributed by atoms with Crippen molar-refractivity contribution >= 4 is 10.9 Å². The first-order valence-electron chi connectivity index (χ1n) is 6.85. The molecule has 1 heterocycles. The first-order chi connectivity index (χ1) is 10.1. The number of benzene rings is 2. The summed E-state index contributed by atoms with van der Waals surface area (Å²) < 4.78 is 15.4. The van der Waals surface area contributed by atoms with E-state index >= 15 is 0 Å². The third-order valence-corrected chi connectivity index (χ3v) is 3.43. The van der Waals surface area contributed by atoms with Crippen LogP contribution in [0.2, 0.25) is 0 Å². The van der Waals surface area contributed by atoms with Gasteiger partial charge in [-0.2, -0.15) is 4.98 Å². The Balaban J connectivity index is 2.43. The maximum absolute atomic E-state index is 13.4. The van der Waals surface area contributed by atoms with E-state index in [4.69, 9.17) is 0 Å². The second-order valence-electron chi connectivity index (χ2n) is 5.23. The molecule has 0 radical (unpaired) electrons. The summed E-state index contributed by atoms with van der Waals surface area (Å²) in [6, 6.07) is 13.9. The number of nitrogens with zero attached hydrogens (tertiary/aromatic N) is 2. The Morgan fingerprint density at radius 3 is 2.48 bits per heavy atom. The number of halogens is 1. The lowest BCUT2D eigenvalue weighted by Crippen LogP contribution is -2.18. The van der Waals surface area contributed by atoms with Gasteiger partial charge in [0.05, 0.1) is 10.9 Å². The fourth-order valence-electron chi connectivity index (χ4n) is 2.53. The molecular weight excluding hydrogens is 267 g/mol. The molecule has 0 aliphatic carbocycles. The van der Waals surface area contributed by atoms with Gasteiger partial charge in [-0.05, 0) is 32.0 Å². The van der Waals surface area contributed by atoms with Crippen LogP contribution in [0.25, 0.3) is 22.3 Å². The van der Waals surface area contributed by atoms with E-state index in [9.17, 15) is 9.18 Å². The van der Waals surface area contributed by atoms with Gasteiger partial charge >= 0.3 is 0 Å². The third kappa shape index (κ3) is 2.33. The molecule has 0 amide bonds. The molecule has 0 spiro atoms. The minimum atomic E-state index is -0.427. The van der Waals surface area contributed by atoms with E-state index in [1.807, 2.05) is 48.7 Å². The van der Waals surface area contributed by atoms with Crippen LogP contribution in [-0.2, 0) is 0 Å². The summed E-state index contributed by atoms with van der Waals surface area (Å²) in [6.07, 6.45) is 0. The van der Waals surface area contributed by atoms with Gasteiger partial charge in [-0.25, -0.2) is 4.39 Å². The highest BCUT2D eigenvalue weighted by Crippen LogP contribution is 2.24. The summed E-state index contributed by atoms with van der Waals surface area (Å²) in [5.41, 5.74) is 1.17. The lowest BCUT2D eigenvalue weighted by molar-refractivity contribution is 0.609. The molecule has 0 N–H and O–H groups in total. The minimum absolute atomic E-state index is 0.0984. The van der Waals surface area contributed by atoms with Crippen LogP contribution in [0.5, 0.6) is 0 Å². The van der Waals surface area contributed by atoms with Gasteiger partial charge < -0.3 is 4.57 Å². The maximum Gasteiger partial charge on any atom is 0.281 e. The van der Waals surface area contributed by atoms with Gasteiger partial charge in [-0.3, -0.25) is 4.79 Å². The Morgan fingerprint density at radius 1 is 1.10 bits per heavy atom. The van der Waals surface area contributed by atoms with Crippen molar-refractivity contribution in [3.63, 3.8) is 0 Å². The molecule has 0 saturated heterocycles. The molecular formula is C17H15FN2O. The zero-order valence-electron chi connectivity index (χ0n) is 11.9. The Hall–Kier alpha value is -2.49. The Bertz CT molecular complexity index is 854. The molecule has 0 unspecified atom stereocenters. The molecule has 1 aromatic heterocycles. The number of rotatable bonds is 2. The molecule has 106 valence electrons. The molecule has 0 aliphatic rings. The van der Waals surface area contributed by atoms with E-state index < -0.39 is 11.4 Å². The van der Waals surface area contributed by atoms with Crippen LogP contribution in [0, 0.1) is 5.82 Å². The molecule has 0 aliphatic heterocycles. The summed E-state index contributed by atoms with van der Waals surface area (Å²) in [4.78, 5) is 16.4. The van der Waals surface area contributed by atoms with E-state index in [1.54, 1.807) is 6.07 Å². The van der Waals surface area contributed by atoms with Crippen molar-refractivity contribution in [2.24, 2.45) is 0 Å². The van der Waals surface area contributed by atoms with Gasteiger partial charge in [0.1, 0.15) is 11.6 Å². The number of hydrogen-bond donors (Lipinski definition) is 0. The first kappa shape index (κ1) is 13.5. The van der Waals surface area contributed by atoms with E-state index in [-0.39, 0.29) is 6.04 Å². The first-order valence-corrected chi connectivity index (χ1v) is 6.85. The molecule has 4 heteroatoms. The second-order valence-corrected chi connectivity index (χ2v) is 5.23. The van der Waals surface area contributed by atoms with Crippen LogP contribution in [0.1, 0.15) is 19.9 Å². The lowest BCUT2D eigenvalue weighted by Gasteiger charge is -2.19. The van der Waals surface area contributed by atoms with Gasteiger partial charge in [0, 0.05) is 11.6 Å². The number of hydrogen-bond acceptors (Lipinski definition) is 2. The van der Waals surface area contributed by atoms with Crippen LogP contribution in [0.4, 0.5) is 4.39 Å². The summed E-state index contributed by atoms with van der Waals surface area (Å²) in [5, 5.41) is 0.309. The molecule has 0 fully saturated rings. The standard InChI is InChI=1S/C17H15FN2O/c1-11(2)20-15-9-8-13(18)10-14(15)17(21)19-16(20)12-6-4-3-5-7-12/h3-11H,1-2H3. The van der Waals surface area contributed by atoms with Crippen molar-refractivity contribution in [1.82, 2.24) is 9.55 Å². The van der Waals surface area contributed by atoms with Crippen LogP contribution < -0.4 is 5.56 Å². The fraction of sp³-hybridized carbons (Fsp3) is 0.176. The number of fused-ring (bicyclic) bond motifs is 1. The molecule has 0 saturated carbocycles. The SMILES string of the molecule is CC(C)n1c(-c2ccccc2)nc(=O)c2cc(F)ccc21. The molecule has 0 atom stereocenters. The predicted molar refractivity (Wildman–Crippen MR) is 81.8 cm³/mol. The monoisotopic (exact) mass is 282 g/mol. The zero-order valence-corrected chi connectivity index (χ0v) is 11.9. The highest BCUT2D eigenvalue weighted by atomic mass is 19.1. The lowest BCUT2D eigenvalue weighted by atomic mass is 10.1. The normalized spacial score (nSPS) is 11.2. The Labute approximate surface area is 121 Å². The molecule has 21 heavy (non-hydrogen) atoms. The van der Waals surface area contributed by atoms with E-state index in [1.165, 1.54) is 12.1 Å². The average Bonchev–Trinajstić information content (AvgIpc) is 2.48. The van der Waals surface area contributed by atoms with Crippen LogP contribution in [0.15, 0.2) is 53.3 Å². The highest BCUT2D eigenvalue weighted by molar-refractivity contribution is 5.80. The smallest absolute Gasteiger partial charge is 0.281 e. The van der Waals surface area contributed by atoms with Crippen molar-refractivity contribution in [3.05, 3.63) is 64.7 Å². The molecule has 3 rings (SSSR count). The van der Waals surface area contributed by atoms with Crippen molar-refractivity contribution < 1.29 is 4.39 Å². The van der Waals surface area contributed by atoms with E-state index in [0.717, 1.165) is 5.56 Å². The fourth-order valence-corrected chi connectivity index (χ4v) is 2.53. The maximum atomic E-state index is 13.4. The summed E-state index contributed by atoms with van der Waals surface area (Å²) in [6.45, 7) is 4.03. The van der Waals surface area contributed by atoms with Crippen LogP contribution in [-0.4, -0.2) is 9.55 Å². The third-order valence-electron chi connectivity index (χ3n) is 3.43.